The molecular formula is C24H30N2O. The van der Waals surface area contributed by atoms with Gasteiger partial charge in [-0.2, -0.15) is 0 Å². The van der Waals surface area contributed by atoms with Crippen molar-refractivity contribution in [3.63, 3.8) is 0 Å². The number of hydrogen-bond donors (Lipinski definition) is 1. The zero-order valence-electron chi connectivity index (χ0n) is 16.9. The lowest BCUT2D eigenvalue weighted by molar-refractivity contribution is -0.123. The van der Waals surface area contributed by atoms with Crippen LogP contribution in [-0.4, -0.2) is 23.9 Å². The number of carbonyl (C=O) groups excluding carboxylic acids is 1. The molecule has 3 heteroatoms. The van der Waals surface area contributed by atoms with Gasteiger partial charge in [-0.15, -0.1) is 0 Å². The SMILES string of the molecule is Cc1ccc(NC(=O)C(C)(C)C)c(C2=CCN(Cc3ccccc3)CC2)c1. The minimum atomic E-state index is -0.407. The van der Waals surface area contributed by atoms with Crippen molar-refractivity contribution in [3.05, 3.63) is 71.3 Å². The van der Waals surface area contributed by atoms with Crippen LogP contribution < -0.4 is 5.32 Å². The summed E-state index contributed by atoms with van der Waals surface area (Å²) in [5.41, 5.74) is 5.56. The smallest absolute Gasteiger partial charge is 0.229 e. The lowest BCUT2D eigenvalue weighted by Crippen LogP contribution is -2.29. The van der Waals surface area contributed by atoms with E-state index in [0.29, 0.717) is 0 Å². The van der Waals surface area contributed by atoms with E-state index in [1.165, 1.54) is 16.7 Å². The van der Waals surface area contributed by atoms with Crippen LogP contribution in [0.5, 0.6) is 0 Å². The average molecular weight is 363 g/mol. The maximum atomic E-state index is 12.5. The third kappa shape index (κ3) is 5.08. The Morgan fingerprint density at radius 3 is 2.48 bits per heavy atom. The van der Waals surface area contributed by atoms with E-state index >= 15 is 0 Å². The first kappa shape index (κ1) is 19.4. The minimum absolute atomic E-state index is 0.0507. The molecule has 27 heavy (non-hydrogen) atoms. The van der Waals surface area contributed by atoms with Gasteiger partial charge >= 0.3 is 0 Å². The maximum Gasteiger partial charge on any atom is 0.229 e. The number of amides is 1. The van der Waals surface area contributed by atoms with Gasteiger partial charge in [0.1, 0.15) is 0 Å². The van der Waals surface area contributed by atoms with Crippen LogP contribution in [0.2, 0.25) is 0 Å². The van der Waals surface area contributed by atoms with E-state index in [-0.39, 0.29) is 5.91 Å². The maximum absolute atomic E-state index is 12.5. The topological polar surface area (TPSA) is 32.3 Å². The highest BCUT2D eigenvalue weighted by Gasteiger charge is 2.23. The molecule has 1 amide bonds. The van der Waals surface area contributed by atoms with Gasteiger partial charge < -0.3 is 5.32 Å². The first-order valence-corrected chi connectivity index (χ1v) is 9.71. The zero-order chi connectivity index (χ0) is 19.4. The van der Waals surface area contributed by atoms with Gasteiger partial charge in [0, 0.05) is 36.3 Å². The highest BCUT2D eigenvalue weighted by atomic mass is 16.2. The lowest BCUT2D eigenvalue weighted by Gasteiger charge is -2.28. The van der Waals surface area contributed by atoms with Gasteiger partial charge in [-0.1, -0.05) is 68.8 Å². The fraction of sp³-hybridized carbons (Fsp3) is 0.375. The van der Waals surface area contributed by atoms with Gasteiger partial charge in [0.25, 0.3) is 0 Å². The largest absolute Gasteiger partial charge is 0.325 e. The van der Waals surface area contributed by atoms with Gasteiger partial charge in [0.2, 0.25) is 5.91 Å². The van der Waals surface area contributed by atoms with Gasteiger partial charge in [0.05, 0.1) is 0 Å². The summed E-state index contributed by atoms with van der Waals surface area (Å²) in [6, 6.07) is 16.9. The van der Waals surface area contributed by atoms with Crippen molar-refractivity contribution in [1.29, 1.82) is 0 Å². The van der Waals surface area contributed by atoms with Crippen LogP contribution in [0.1, 0.15) is 43.9 Å². The number of benzene rings is 2. The summed E-state index contributed by atoms with van der Waals surface area (Å²) < 4.78 is 0. The number of carbonyl (C=O) groups is 1. The van der Waals surface area contributed by atoms with Crippen molar-refractivity contribution in [2.24, 2.45) is 5.41 Å². The Labute approximate surface area is 163 Å². The Balaban J connectivity index is 1.76. The number of nitrogens with zero attached hydrogens (tertiary/aromatic N) is 1. The van der Waals surface area contributed by atoms with E-state index in [4.69, 9.17) is 0 Å². The third-order valence-electron chi connectivity index (χ3n) is 4.99. The lowest BCUT2D eigenvalue weighted by atomic mass is 9.93. The van der Waals surface area contributed by atoms with Crippen molar-refractivity contribution in [2.75, 3.05) is 18.4 Å². The first-order valence-electron chi connectivity index (χ1n) is 9.71. The highest BCUT2D eigenvalue weighted by Crippen LogP contribution is 2.31. The molecule has 1 aliphatic rings. The second-order valence-corrected chi connectivity index (χ2v) is 8.45. The quantitative estimate of drug-likeness (QED) is 0.804. The Morgan fingerprint density at radius 2 is 1.85 bits per heavy atom. The number of nitrogens with one attached hydrogen (secondary N) is 1. The predicted octanol–water partition coefficient (Wildman–Crippen LogP) is 5.27. The molecule has 2 aromatic rings. The first-order chi connectivity index (χ1) is 12.8. The molecule has 0 unspecified atom stereocenters. The van der Waals surface area contributed by atoms with E-state index in [2.05, 4.69) is 65.7 Å². The van der Waals surface area contributed by atoms with Gasteiger partial charge in [-0.05, 0) is 36.6 Å². The number of hydrogen-bond acceptors (Lipinski definition) is 2. The van der Waals surface area contributed by atoms with Crippen molar-refractivity contribution < 1.29 is 4.79 Å². The van der Waals surface area contributed by atoms with Gasteiger partial charge in [-0.25, -0.2) is 0 Å². The van der Waals surface area contributed by atoms with Crippen LogP contribution >= 0.6 is 0 Å². The molecule has 1 aliphatic heterocycles. The molecule has 3 rings (SSSR count). The zero-order valence-corrected chi connectivity index (χ0v) is 16.9. The molecule has 0 radical (unpaired) electrons. The highest BCUT2D eigenvalue weighted by molar-refractivity contribution is 5.97. The van der Waals surface area contributed by atoms with Gasteiger partial charge in [0.15, 0.2) is 0 Å². The molecule has 142 valence electrons. The van der Waals surface area contributed by atoms with Crippen molar-refractivity contribution >= 4 is 17.2 Å². The van der Waals surface area contributed by atoms with Crippen LogP contribution in [0.15, 0.2) is 54.6 Å². The van der Waals surface area contributed by atoms with Crippen molar-refractivity contribution in [3.8, 4) is 0 Å². The van der Waals surface area contributed by atoms with Crippen LogP contribution in [0.25, 0.3) is 5.57 Å². The summed E-state index contributed by atoms with van der Waals surface area (Å²) in [6.07, 6.45) is 3.31. The van der Waals surface area contributed by atoms with Crippen LogP contribution in [-0.2, 0) is 11.3 Å². The molecule has 0 saturated carbocycles. The van der Waals surface area contributed by atoms with Crippen molar-refractivity contribution in [2.45, 2.75) is 40.7 Å². The van der Waals surface area contributed by atoms with Crippen LogP contribution in [0.3, 0.4) is 0 Å². The summed E-state index contributed by atoms with van der Waals surface area (Å²) in [4.78, 5) is 14.9. The second kappa shape index (κ2) is 8.10. The van der Waals surface area contributed by atoms with Crippen LogP contribution in [0, 0.1) is 12.3 Å². The second-order valence-electron chi connectivity index (χ2n) is 8.45. The number of aryl methyl sites for hydroxylation is 1. The van der Waals surface area contributed by atoms with E-state index in [1.807, 2.05) is 26.8 Å². The normalized spacial score (nSPS) is 15.3. The molecule has 0 spiro atoms. The van der Waals surface area contributed by atoms with Gasteiger partial charge in [-0.3, -0.25) is 9.69 Å². The summed E-state index contributed by atoms with van der Waals surface area (Å²) in [5, 5.41) is 3.13. The Hall–Kier alpha value is -2.39. The molecule has 0 aromatic heterocycles. The molecule has 1 N–H and O–H groups in total. The Bertz CT molecular complexity index is 831. The Morgan fingerprint density at radius 1 is 1.11 bits per heavy atom. The van der Waals surface area contributed by atoms with E-state index in [0.717, 1.165) is 37.3 Å². The van der Waals surface area contributed by atoms with E-state index in [1.54, 1.807) is 0 Å². The standard InChI is InChI=1S/C24H30N2O/c1-18-10-11-22(25-23(27)24(2,3)4)21(16-18)20-12-14-26(15-13-20)17-19-8-6-5-7-9-19/h5-12,16H,13-15,17H2,1-4H3,(H,25,27). The monoisotopic (exact) mass is 362 g/mol. The molecular weight excluding hydrogens is 332 g/mol. The molecule has 0 atom stereocenters. The molecule has 0 saturated heterocycles. The summed E-state index contributed by atoms with van der Waals surface area (Å²) in [7, 11) is 0. The molecule has 0 aliphatic carbocycles. The molecule has 1 heterocycles. The fourth-order valence-corrected chi connectivity index (χ4v) is 3.28. The summed E-state index contributed by atoms with van der Waals surface area (Å²) >= 11 is 0. The van der Waals surface area contributed by atoms with E-state index < -0.39 is 5.41 Å². The fourth-order valence-electron chi connectivity index (χ4n) is 3.28. The Kier molecular flexibility index (Phi) is 5.81. The summed E-state index contributed by atoms with van der Waals surface area (Å²) in [5.74, 6) is 0.0507. The third-order valence-corrected chi connectivity index (χ3v) is 4.99. The number of anilines is 1. The average Bonchev–Trinajstić information content (AvgIpc) is 2.64. The molecule has 0 fully saturated rings. The van der Waals surface area contributed by atoms with Crippen LogP contribution in [0.4, 0.5) is 5.69 Å². The molecule has 0 bridgehead atoms. The minimum Gasteiger partial charge on any atom is -0.325 e. The van der Waals surface area contributed by atoms with Crippen molar-refractivity contribution in [1.82, 2.24) is 4.90 Å². The number of rotatable bonds is 4. The van der Waals surface area contributed by atoms with E-state index in [9.17, 15) is 4.79 Å². The molecule has 3 nitrogen and oxygen atoms in total. The molecule has 2 aromatic carbocycles. The summed E-state index contributed by atoms with van der Waals surface area (Å²) in [6.45, 7) is 10.9. The predicted molar refractivity (Wildman–Crippen MR) is 114 cm³/mol.